The summed E-state index contributed by atoms with van der Waals surface area (Å²) >= 11 is 0. The molecule has 0 amide bonds. The molecule has 0 bridgehead atoms. The van der Waals surface area contributed by atoms with E-state index in [-0.39, 0.29) is 12.4 Å². The molecular weight excluding hydrogens is 220 g/mol. The van der Waals surface area contributed by atoms with Crippen molar-refractivity contribution in [2.45, 2.75) is 18.9 Å². The summed E-state index contributed by atoms with van der Waals surface area (Å²) < 4.78 is 5.42. The van der Waals surface area contributed by atoms with Crippen LogP contribution in [0.3, 0.4) is 0 Å². The van der Waals surface area contributed by atoms with E-state index in [1.807, 2.05) is 0 Å². The molecule has 2 unspecified atom stereocenters. The molecule has 1 aromatic heterocycles. The van der Waals surface area contributed by atoms with Gasteiger partial charge in [-0.1, -0.05) is 0 Å². The number of aromatic nitrogens is 2. The Kier molecular flexibility index (Phi) is 4.11. The van der Waals surface area contributed by atoms with Crippen LogP contribution in [0.5, 0.6) is 0 Å². The number of hydrogen-bond donors (Lipinski definition) is 2. The monoisotopic (exact) mass is 232 g/mol. The number of nitrogens with zero attached hydrogens (tertiary/aromatic N) is 1. The summed E-state index contributed by atoms with van der Waals surface area (Å²) in [6.07, 6.45) is 4.31. The number of nitrogens with one attached hydrogen (secondary N) is 1. The molecule has 0 aliphatic carbocycles. The highest BCUT2D eigenvalue weighted by Crippen LogP contribution is 2.31. The Labute approximate surface area is 93.3 Å². The molecule has 15 heavy (non-hydrogen) atoms. The molecule has 2 heterocycles. The maximum Gasteiger partial charge on any atom is 0.309 e. The maximum atomic E-state index is 10.9. The summed E-state index contributed by atoms with van der Waals surface area (Å²) in [7, 11) is 0. The molecule has 1 aliphatic rings. The predicted octanol–water partition coefficient (Wildman–Crippen LogP) is 1.38. The number of rotatable bonds is 2. The van der Waals surface area contributed by atoms with E-state index in [2.05, 4.69) is 9.97 Å². The third kappa shape index (κ3) is 2.49. The first-order valence-electron chi connectivity index (χ1n) is 4.62. The van der Waals surface area contributed by atoms with Crippen molar-refractivity contribution in [3.63, 3.8) is 0 Å². The fourth-order valence-corrected chi connectivity index (χ4v) is 1.74. The number of hydrogen-bond acceptors (Lipinski definition) is 3. The summed E-state index contributed by atoms with van der Waals surface area (Å²) in [5.41, 5.74) is 0. The molecule has 5 nitrogen and oxygen atoms in total. The van der Waals surface area contributed by atoms with Crippen LogP contribution in [0.1, 0.15) is 24.8 Å². The third-order valence-electron chi connectivity index (χ3n) is 2.43. The van der Waals surface area contributed by atoms with E-state index in [1.54, 1.807) is 12.4 Å². The quantitative estimate of drug-likeness (QED) is 0.808. The molecule has 1 saturated heterocycles. The van der Waals surface area contributed by atoms with Crippen molar-refractivity contribution in [1.82, 2.24) is 9.97 Å². The zero-order chi connectivity index (χ0) is 9.97. The Balaban J connectivity index is 0.00000112. The smallest absolute Gasteiger partial charge is 0.309 e. The van der Waals surface area contributed by atoms with Gasteiger partial charge >= 0.3 is 5.97 Å². The predicted molar refractivity (Wildman–Crippen MR) is 54.9 cm³/mol. The second-order valence-corrected chi connectivity index (χ2v) is 3.35. The second-order valence-electron chi connectivity index (χ2n) is 3.35. The van der Waals surface area contributed by atoms with E-state index in [4.69, 9.17) is 9.84 Å². The van der Waals surface area contributed by atoms with Crippen LogP contribution < -0.4 is 0 Å². The molecule has 6 heteroatoms. The topological polar surface area (TPSA) is 75.2 Å². The molecule has 2 N–H and O–H groups in total. The van der Waals surface area contributed by atoms with Crippen molar-refractivity contribution in [1.29, 1.82) is 0 Å². The lowest BCUT2D eigenvalue weighted by Gasteiger charge is -2.27. The Morgan fingerprint density at radius 1 is 1.67 bits per heavy atom. The first kappa shape index (κ1) is 12.0. The van der Waals surface area contributed by atoms with Gasteiger partial charge in [-0.05, 0) is 12.8 Å². The molecule has 0 saturated carbocycles. The molecule has 1 aromatic rings. The first-order valence-corrected chi connectivity index (χ1v) is 4.62. The molecular formula is C9H13ClN2O3. The van der Waals surface area contributed by atoms with Gasteiger partial charge in [0.25, 0.3) is 0 Å². The van der Waals surface area contributed by atoms with Crippen LogP contribution in [-0.4, -0.2) is 27.7 Å². The lowest BCUT2D eigenvalue weighted by Crippen LogP contribution is -2.29. The standard InChI is InChI=1S/C9H12N2O3.ClH/c12-9(13)6-2-1-5-14-7(6)8-10-3-4-11-8;/h3-4,6-7H,1-2,5H2,(H,10,11)(H,12,13);1H. The molecule has 0 aromatic carbocycles. The Bertz CT molecular complexity index is 315. The van der Waals surface area contributed by atoms with Crippen molar-refractivity contribution in [3.8, 4) is 0 Å². The van der Waals surface area contributed by atoms with E-state index >= 15 is 0 Å². The van der Waals surface area contributed by atoms with Gasteiger partial charge in [-0.15, -0.1) is 12.4 Å². The highest BCUT2D eigenvalue weighted by atomic mass is 35.5. The fraction of sp³-hybridized carbons (Fsp3) is 0.556. The van der Waals surface area contributed by atoms with Gasteiger partial charge in [0, 0.05) is 19.0 Å². The van der Waals surface area contributed by atoms with Crippen molar-refractivity contribution in [2.24, 2.45) is 5.92 Å². The molecule has 1 fully saturated rings. The maximum absolute atomic E-state index is 10.9. The number of carbonyl (C=O) groups is 1. The fourth-order valence-electron chi connectivity index (χ4n) is 1.74. The zero-order valence-electron chi connectivity index (χ0n) is 8.05. The number of H-pyrrole nitrogens is 1. The minimum Gasteiger partial charge on any atom is -0.481 e. The van der Waals surface area contributed by atoms with Crippen LogP contribution in [0.15, 0.2) is 12.4 Å². The summed E-state index contributed by atoms with van der Waals surface area (Å²) in [6.45, 7) is 0.606. The summed E-state index contributed by atoms with van der Waals surface area (Å²) in [6, 6.07) is 0. The Morgan fingerprint density at radius 2 is 2.47 bits per heavy atom. The van der Waals surface area contributed by atoms with Crippen molar-refractivity contribution >= 4 is 18.4 Å². The SMILES string of the molecule is Cl.O=C(O)C1CCCOC1c1ncc[nH]1. The van der Waals surface area contributed by atoms with Crippen molar-refractivity contribution < 1.29 is 14.6 Å². The summed E-state index contributed by atoms with van der Waals surface area (Å²) in [4.78, 5) is 17.9. The average Bonchev–Trinajstić information content (AvgIpc) is 2.70. The molecule has 84 valence electrons. The zero-order valence-corrected chi connectivity index (χ0v) is 8.87. The number of ether oxygens (including phenoxy) is 1. The highest BCUT2D eigenvalue weighted by Gasteiger charge is 2.34. The first-order chi connectivity index (χ1) is 6.79. The van der Waals surface area contributed by atoms with E-state index in [9.17, 15) is 4.79 Å². The molecule has 0 radical (unpaired) electrons. The van der Waals surface area contributed by atoms with Gasteiger partial charge in [0.1, 0.15) is 11.9 Å². The van der Waals surface area contributed by atoms with Crippen LogP contribution in [0, 0.1) is 5.92 Å². The second kappa shape index (κ2) is 5.14. The van der Waals surface area contributed by atoms with Gasteiger partial charge in [0.2, 0.25) is 0 Å². The van der Waals surface area contributed by atoms with Crippen LogP contribution in [0.4, 0.5) is 0 Å². The van der Waals surface area contributed by atoms with Gasteiger partial charge in [-0.2, -0.15) is 0 Å². The Morgan fingerprint density at radius 3 is 3.07 bits per heavy atom. The minimum absolute atomic E-state index is 0. The largest absolute Gasteiger partial charge is 0.481 e. The minimum atomic E-state index is -0.814. The van der Waals surface area contributed by atoms with E-state index in [0.717, 1.165) is 6.42 Å². The van der Waals surface area contributed by atoms with Gasteiger partial charge < -0.3 is 14.8 Å². The van der Waals surface area contributed by atoms with Gasteiger partial charge in [-0.25, -0.2) is 4.98 Å². The number of imidazole rings is 1. The van der Waals surface area contributed by atoms with Crippen molar-refractivity contribution in [2.75, 3.05) is 6.61 Å². The normalized spacial score (nSPS) is 25.6. The number of aliphatic carboxylic acids is 1. The van der Waals surface area contributed by atoms with E-state index < -0.39 is 18.0 Å². The van der Waals surface area contributed by atoms with E-state index in [1.165, 1.54) is 0 Å². The van der Waals surface area contributed by atoms with Crippen LogP contribution in [-0.2, 0) is 9.53 Å². The van der Waals surface area contributed by atoms with E-state index in [0.29, 0.717) is 18.9 Å². The lowest BCUT2D eigenvalue weighted by molar-refractivity contribution is -0.152. The Hall–Kier alpha value is -1.07. The summed E-state index contributed by atoms with van der Waals surface area (Å²) in [5.74, 6) is -0.682. The number of halogens is 1. The molecule has 2 atom stereocenters. The van der Waals surface area contributed by atoms with Gasteiger partial charge in [-0.3, -0.25) is 4.79 Å². The van der Waals surface area contributed by atoms with Crippen LogP contribution >= 0.6 is 12.4 Å². The molecule has 0 spiro atoms. The number of carboxylic acids is 1. The van der Waals surface area contributed by atoms with Gasteiger partial charge in [0.05, 0.1) is 5.92 Å². The third-order valence-corrected chi connectivity index (χ3v) is 2.43. The lowest BCUT2D eigenvalue weighted by atomic mass is 9.94. The molecule has 2 rings (SSSR count). The van der Waals surface area contributed by atoms with Crippen LogP contribution in [0.2, 0.25) is 0 Å². The summed E-state index contributed by atoms with van der Waals surface area (Å²) in [5, 5.41) is 8.99. The molecule has 1 aliphatic heterocycles. The number of aromatic amines is 1. The average molecular weight is 233 g/mol. The van der Waals surface area contributed by atoms with Crippen LogP contribution in [0.25, 0.3) is 0 Å². The van der Waals surface area contributed by atoms with Crippen molar-refractivity contribution in [3.05, 3.63) is 18.2 Å². The number of carboxylic acid groups (broad SMARTS) is 1. The highest BCUT2D eigenvalue weighted by molar-refractivity contribution is 5.85. The van der Waals surface area contributed by atoms with Gasteiger partial charge in [0.15, 0.2) is 0 Å².